The average molecular weight is 192 g/mol. The largest absolute Gasteiger partial charge is 0.481 e. The van der Waals surface area contributed by atoms with Crippen LogP contribution in [-0.4, -0.2) is 31.0 Å². The molecular weight excluding hydrogens is 180 g/mol. The third-order valence-electron chi connectivity index (χ3n) is 2.34. The van der Waals surface area contributed by atoms with Gasteiger partial charge in [0.1, 0.15) is 9.84 Å². The molecule has 0 amide bonds. The highest BCUT2D eigenvalue weighted by atomic mass is 32.2. The summed E-state index contributed by atoms with van der Waals surface area (Å²) in [6.07, 6.45) is 2.44. The van der Waals surface area contributed by atoms with E-state index in [1.165, 1.54) is 6.26 Å². The lowest BCUT2D eigenvalue weighted by Gasteiger charge is -2.05. The van der Waals surface area contributed by atoms with E-state index in [-0.39, 0.29) is 6.42 Å². The summed E-state index contributed by atoms with van der Waals surface area (Å²) in [5.41, 5.74) is 0. The van der Waals surface area contributed by atoms with Gasteiger partial charge in [0.2, 0.25) is 0 Å². The van der Waals surface area contributed by atoms with Crippen LogP contribution in [0.3, 0.4) is 0 Å². The number of carboxylic acids is 1. The molecule has 0 aromatic rings. The molecule has 1 aliphatic carbocycles. The number of sulfone groups is 1. The summed E-state index contributed by atoms with van der Waals surface area (Å²) in [6.45, 7) is 0. The molecule has 1 fully saturated rings. The molecule has 0 unspecified atom stereocenters. The Balaban J connectivity index is 2.64. The minimum atomic E-state index is -3.03. The van der Waals surface area contributed by atoms with Crippen LogP contribution in [0.2, 0.25) is 0 Å². The molecule has 0 radical (unpaired) electrons. The van der Waals surface area contributed by atoms with Crippen molar-refractivity contribution < 1.29 is 18.3 Å². The maximum atomic E-state index is 11.0. The first kappa shape index (κ1) is 9.51. The Bertz CT molecular complexity index is 280. The first-order chi connectivity index (χ1) is 5.41. The molecule has 1 rings (SSSR count). The van der Waals surface area contributed by atoms with Gasteiger partial charge in [-0.15, -0.1) is 0 Å². The maximum Gasteiger partial charge on any atom is 0.306 e. The zero-order valence-corrected chi connectivity index (χ0v) is 7.67. The third kappa shape index (κ3) is 1.97. The molecular formula is C7H12O4S. The number of hydrogen-bond acceptors (Lipinski definition) is 3. The Kier molecular flexibility index (Phi) is 2.41. The van der Waals surface area contributed by atoms with Crippen molar-refractivity contribution in [1.29, 1.82) is 0 Å². The first-order valence-electron chi connectivity index (χ1n) is 3.83. The number of hydrogen-bond donors (Lipinski definition) is 1. The quantitative estimate of drug-likeness (QED) is 0.682. The van der Waals surface area contributed by atoms with Crippen molar-refractivity contribution in [2.24, 2.45) is 5.92 Å². The second-order valence-corrected chi connectivity index (χ2v) is 5.63. The van der Waals surface area contributed by atoms with Crippen molar-refractivity contribution in [1.82, 2.24) is 0 Å². The normalized spacial score (nSPS) is 30.4. The Labute approximate surface area is 71.5 Å². The Morgan fingerprint density at radius 2 is 2.00 bits per heavy atom. The maximum absolute atomic E-state index is 11.0. The van der Waals surface area contributed by atoms with Crippen LogP contribution in [0.1, 0.15) is 19.3 Å². The first-order valence-corrected chi connectivity index (χ1v) is 5.78. The second kappa shape index (κ2) is 3.05. The molecule has 0 aromatic carbocycles. The van der Waals surface area contributed by atoms with E-state index in [9.17, 15) is 13.2 Å². The van der Waals surface area contributed by atoms with Gasteiger partial charge in [0.25, 0.3) is 0 Å². The summed E-state index contributed by atoms with van der Waals surface area (Å²) in [5.74, 6) is -1.33. The highest BCUT2D eigenvalue weighted by molar-refractivity contribution is 7.91. The number of aliphatic carboxylic acids is 1. The van der Waals surface area contributed by atoms with Gasteiger partial charge in [-0.25, -0.2) is 8.42 Å². The van der Waals surface area contributed by atoms with Gasteiger partial charge in [0, 0.05) is 6.26 Å². The summed E-state index contributed by atoms with van der Waals surface area (Å²) in [6, 6.07) is 0. The van der Waals surface area contributed by atoms with Crippen molar-refractivity contribution in [3.05, 3.63) is 0 Å². The molecule has 0 bridgehead atoms. The van der Waals surface area contributed by atoms with Gasteiger partial charge in [0.15, 0.2) is 0 Å². The van der Waals surface area contributed by atoms with Gasteiger partial charge in [0.05, 0.1) is 11.2 Å². The molecule has 4 nitrogen and oxygen atoms in total. The second-order valence-electron chi connectivity index (χ2n) is 3.30. The van der Waals surface area contributed by atoms with Crippen LogP contribution < -0.4 is 0 Å². The van der Waals surface area contributed by atoms with E-state index in [4.69, 9.17) is 5.11 Å². The lowest BCUT2D eigenvalue weighted by Crippen LogP contribution is -2.18. The van der Waals surface area contributed by atoms with Crippen LogP contribution in [0.5, 0.6) is 0 Å². The van der Waals surface area contributed by atoms with Gasteiger partial charge in [-0.2, -0.15) is 0 Å². The van der Waals surface area contributed by atoms with E-state index >= 15 is 0 Å². The fraction of sp³-hybridized carbons (Fsp3) is 0.857. The monoisotopic (exact) mass is 192 g/mol. The van der Waals surface area contributed by atoms with E-state index in [1.54, 1.807) is 0 Å². The molecule has 5 heteroatoms. The molecule has 1 aliphatic rings. The van der Waals surface area contributed by atoms with Crippen molar-refractivity contribution in [3.63, 3.8) is 0 Å². The fourth-order valence-corrected chi connectivity index (χ4v) is 2.70. The van der Waals surface area contributed by atoms with Crippen molar-refractivity contribution in [3.8, 4) is 0 Å². The predicted molar refractivity (Wildman–Crippen MR) is 43.6 cm³/mol. The van der Waals surface area contributed by atoms with E-state index in [0.29, 0.717) is 12.8 Å². The van der Waals surface area contributed by atoms with Gasteiger partial charge in [-0.05, 0) is 19.3 Å². The SMILES string of the molecule is CS(=O)(=O)[C@@H]1CC[C@@H](C(=O)O)C1. The van der Waals surface area contributed by atoms with E-state index in [2.05, 4.69) is 0 Å². The van der Waals surface area contributed by atoms with Crippen molar-refractivity contribution >= 4 is 15.8 Å². The zero-order chi connectivity index (χ0) is 9.35. The van der Waals surface area contributed by atoms with Crippen LogP contribution in [0.25, 0.3) is 0 Å². The third-order valence-corrected chi connectivity index (χ3v) is 3.98. The van der Waals surface area contributed by atoms with E-state index < -0.39 is 27.0 Å². The molecule has 0 spiro atoms. The minimum Gasteiger partial charge on any atom is -0.481 e. The molecule has 0 aromatic heterocycles. The molecule has 12 heavy (non-hydrogen) atoms. The Hall–Kier alpha value is -0.580. The fourth-order valence-electron chi connectivity index (χ4n) is 1.55. The Morgan fingerprint density at radius 3 is 2.25 bits per heavy atom. The van der Waals surface area contributed by atoms with Crippen LogP contribution in [0.15, 0.2) is 0 Å². The van der Waals surface area contributed by atoms with Crippen molar-refractivity contribution in [2.75, 3.05) is 6.26 Å². The number of rotatable bonds is 2. The smallest absolute Gasteiger partial charge is 0.306 e. The number of carboxylic acid groups (broad SMARTS) is 1. The predicted octanol–water partition coefficient (Wildman–Crippen LogP) is 0.284. The lowest BCUT2D eigenvalue weighted by molar-refractivity contribution is -0.141. The summed E-state index contributed by atoms with van der Waals surface area (Å²) >= 11 is 0. The zero-order valence-electron chi connectivity index (χ0n) is 6.86. The highest BCUT2D eigenvalue weighted by Gasteiger charge is 2.34. The summed E-state index contributed by atoms with van der Waals surface area (Å²) < 4.78 is 22.0. The van der Waals surface area contributed by atoms with Gasteiger partial charge in [-0.3, -0.25) is 4.79 Å². The molecule has 0 heterocycles. The molecule has 70 valence electrons. The molecule has 0 saturated heterocycles. The molecule has 1 saturated carbocycles. The molecule has 1 N–H and O–H groups in total. The van der Waals surface area contributed by atoms with Gasteiger partial charge in [-0.1, -0.05) is 0 Å². The highest BCUT2D eigenvalue weighted by Crippen LogP contribution is 2.29. The van der Waals surface area contributed by atoms with E-state index in [0.717, 1.165) is 0 Å². The van der Waals surface area contributed by atoms with Gasteiger partial charge < -0.3 is 5.11 Å². The van der Waals surface area contributed by atoms with E-state index in [1.807, 2.05) is 0 Å². The summed E-state index contributed by atoms with van der Waals surface area (Å²) in [4.78, 5) is 10.5. The standard InChI is InChI=1S/C7H12O4S/c1-12(10,11)6-3-2-5(4-6)7(8)9/h5-6H,2-4H2,1H3,(H,8,9)/t5-,6-/m1/s1. The minimum absolute atomic E-state index is 0.286. The lowest BCUT2D eigenvalue weighted by atomic mass is 10.1. The van der Waals surface area contributed by atoms with Crippen molar-refractivity contribution in [2.45, 2.75) is 24.5 Å². The Morgan fingerprint density at radius 1 is 1.42 bits per heavy atom. The molecule has 2 atom stereocenters. The average Bonchev–Trinajstić information content (AvgIpc) is 2.30. The summed E-state index contributed by atoms with van der Waals surface area (Å²) in [5, 5.41) is 8.17. The van der Waals surface area contributed by atoms with Gasteiger partial charge >= 0.3 is 5.97 Å². The molecule has 0 aliphatic heterocycles. The summed E-state index contributed by atoms with van der Waals surface area (Å²) in [7, 11) is -3.03. The van der Waals surface area contributed by atoms with Crippen LogP contribution in [0, 0.1) is 5.92 Å². The topological polar surface area (TPSA) is 71.4 Å². The number of carbonyl (C=O) groups is 1. The van der Waals surface area contributed by atoms with Crippen LogP contribution in [-0.2, 0) is 14.6 Å². The van der Waals surface area contributed by atoms with Crippen LogP contribution >= 0.6 is 0 Å². The van der Waals surface area contributed by atoms with Crippen LogP contribution in [0.4, 0.5) is 0 Å².